The van der Waals surface area contributed by atoms with Crippen molar-refractivity contribution in [3.8, 4) is 0 Å². The number of carbonyl (C=O) groups excluding carboxylic acids is 1. The van der Waals surface area contributed by atoms with Gasteiger partial charge >= 0.3 is 0 Å². The molecule has 0 bridgehead atoms. The van der Waals surface area contributed by atoms with Crippen molar-refractivity contribution in [2.45, 2.75) is 31.7 Å². The summed E-state index contributed by atoms with van der Waals surface area (Å²) in [5, 5.41) is 2.06. The van der Waals surface area contributed by atoms with Gasteiger partial charge in [0, 0.05) is 47.9 Å². The van der Waals surface area contributed by atoms with Crippen LogP contribution in [0.1, 0.15) is 23.8 Å². The molecule has 0 atom stereocenters. The van der Waals surface area contributed by atoms with E-state index in [1.807, 2.05) is 24.0 Å². The Morgan fingerprint density at radius 3 is 2.85 bits per heavy atom. The second-order valence-electron chi connectivity index (χ2n) is 5.93. The van der Waals surface area contributed by atoms with Crippen LogP contribution in [0.3, 0.4) is 0 Å². The molecule has 3 aromatic rings. The fraction of sp³-hybridized carbons (Fsp3) is 0.368. The highest BCUT2D eigenvalue weighted by Crippen LogP contribution is 2.30. The lowest BCUT2D eigenvalue weighted by Gasteiger charge is -2.20. The van der Waals surface area contributed by atoms with E-state index < -0.39 is 0 Å². The molecular weight excluding hydrogens is 364 g/mol. The van der Waals surface area contributed by atoms with Crippen LogP contribution < -0.4 is 0 Å². The molecular formula is C19H22N4OS2. The van der Waals surface area contributed by atoms with E-state index in [-0.39, 0.29) is 5.91 Å². The van der Waals surface area contributed by atoms with Crippen LogP contribution in [0.25, 0.3) is 10.2 Å². The fourth-order valence-electron chi connectivity index (χ4n) is 2.74. The number of hydrogen-bond acceptors (Lipinski definition) is 6. The summed E-state index contributed by atoms with van der Waals surface area (Å²) < 4.78 is 0. The minimum absolute atomic E-state index is 0.195. The fourth-order valence-corrected chi connectivity index (χ4v) is 4.55. The molecule has 26 heavy (non-hydrogen) atoms. The maximum atomic E-state index is 12.5. The van der Waals surface area contributed by atoms with Crippen LogP contribution in [0, 0.1) is 6.92 Å². The second-order valence-corrected chi connectivity index (χ2v) is 8.25. The molecule has 0 fully saturated rings. The van der Waals surface area contributed by atoms with Crippen molar-refractivity contribution < 1.29 is 4.79 Å². The third-order valence-electron chi connectivity index (χ3n) is 4.12. The molecule has 0 unspecified atom stereocenters. The van der Waals surface area contributed by atoms with Crippen LogP contribution >= 0.6 is 23.1 Å². The molecule has 3 heterocycles. The smallest absolute Gasteiger partial charge is 0.223 e. The maximum absolute atomic E-state index is 12.5. The Hall–Kier alpha value is -1.99. The van der Waals surface area contributed by atoms with E-state index in [2.05, 4.69) is 27.9 Å². The summed E-state index contributed by atoms with van der Waals surface area (Å²) in [6, 6.07) is 6.12. The average molecular weight is 387 g/mol. The first-order chi connectivity index (χ1) is 12.7. The van der Waals surface area contributed by atoms with Crippen molar-refractivity contribution >= 4 is 39.2 Å². The average Bonchev–Trinajstić information content (AvgIpc) is 3.04. The first-order valence-corrected chi connectivity index (χ1v) is 10.5. The summed E-state index contributed by atoms with van der Waals surface area (Å²) in [5.41, 5.74) is 1.21. The van der Waals surface area contributed by atoms with E-state index in [4.69, 9.17) is 0 Å². The van der Waals surface area contributed by atoms with Crippen molar-refractivity contribution in [3.05, 3.63) is 47.4 Å². The number of hydrogen-bond donors (Lipinski definition) is 0. The van der Waals surface area contributed by atoms with Crippen molar-refractivity contribution in [3.63, 3.8) is 0 Å². The Bertz CT molecular complexity index is 866. The van der Waals surface area contributed by atoms with Gasteiger partial charge in [-0.15, -0.1) is 23.1 Å². The van der Waals surface area contributed by atoms with Gasteiger partial charge in [0.1, 0.15) is 16.2 Å². The third kappa shape index (κ3) is 4.80. The lowest BCUT2D eigenvalue weighted by molar-refractivity contribution is -0.130. The minimum Gasteiger partial charge on any atom is -0.343 e. The van der Waals surface area contributed by atoms with Crippen molar-refractivity contribution in [1.82, 2.24) is 19.9 Å². The Morgan fingerprint density at radius 2 is 2.08 bits per heavy atom. The monoisotopic (exact) mass is 386 g/mol. The SMILES string of the molecule is CCN(CCc1ccncc1)C(=O)CCSc1ncnc2sc(C)cc12. The summed E-state index contributed by atoms with van der Waals surface area (Å²) in [6.45, 7) is 5.58. The summed E-state index contributed by atoms with van der Waals surface area (Å²) in [4.78, 5) is 29.4. The largest absolute Gasteiger partial charge is 0.343 e. The Labute approximate surface area is 161 Å². The van der Waals surface area contributed by atoms with Gasteiger partial charge in [0.15, 0.2) is 0 Å². The molecule has 136 valence electrons. The molecule has 3 aromatic heterocycles. The standard InChI is InChI=1S/C19H22N4OS2/c1-3-23(10-6-15-4-8-20-9-5-15)17(24)7-11-25-18-16-12-14(2)26-19(16)22-13-21-18/h4-5,8-9,12-13H,3,6-7,10-11H2,1-2H3. The van der Waals surface area contributed by atoms with Crippen molar-refractivity contribution in [2.24, 2.45) is 0 Å². The van der Waals surface area contributed by atoms with Crippen LogP contribution in [0.15, 0.2) is 41.9 Å². The molecule has 5 nitrogen and oxygen atoms in total. The number of fused-ring (bicyclic) bond motifs is 1. The zero-order chi connectivity index (χ0) is 18.4. The molecule has 1 amide bonds. The zero-order valence-electron chi connectivity index (χ0n) is 15.0. The van der Waals surface area contributed by atoms with Crippen LogP contribution in [0.4, 0.5) is 0 Å². The third-order valence-corrected chi connectivity index (χ3v) is 6.09. The van der Waals surface area contributed by atoms with Gasteiger partial charge in [0.05, 0.1) is 0 Å². The normalized spacial score (nSPS) is 11.0. The van der Waals surface area contributed by atoms with Crippen molar-refractivity contribution in [2.75, 3.05) is 18.8 Å². The van der Waals surface area contributed by atoms with E-state index in [1.165, 1.54) is 10.4 Å². The topological polar surface area (TPSA) is 59.0 Å². The molecule has 0 radical (unpaired) electrons. The summed E-state index contributed by atoms with van der Waals surface area (Å²) in [7, 11) is 0. The predicted octanol–water partition coefficient (Wildman–Crippen LogP) is 3.97. The molecule has 0 aliphatic heterocycles. The first-order valence-electron chi connectivity index (χ1n) is 8.68. The van der Waals surface area contributed by atoms with Gasteiger partial charge in [0.2, 0.25) is 5.91 Å². The van der Waals surface area contributed by atoms with Gasteiger partial charge in [-0.3, -0.25) is 9.78 Å². The minimum atomic E-state index is 0.195. The molecule has 0 aliphatic carbocycles. The van der Waals surface area contributed by atoms with Crippen LogP contribution in [0.5, 0.6) is 0 Å². The molecule has 0 aromatic carbocycles. The first kappa shape index (κ1) is 18.8. The van der Waals surface area contributed by atoms with Crippen molar-refractivity contribution in [1.29, 1.82) is 0 Å². The Kier molecular flexibility index (Phi) is 6.57. The number of thioether (sulfide) groups is 1. The quantitative estimate of drug-likeness (QED) is 0.433. The number of likely N-dealkylation sites (N-methyl/N-ethyl adjacent to an activating group) is 1. The van der Waals surface area contributed by atoms with Gasteiger partial charge in [-0.2, -0.15) is 0 Å². The van der Waals surface area contributed by atoms with Crippen LogP contribution in [0.2, 0.25) is 0 Å². The molecule has 0 N–H and O–H groups in total. The maximum Gasteiger partial charge on any atom is 0.223 e. The van der Waals surface area contributed by atoms with Crippen LogP contribution in [-0.2, 0) is 11.2 Å². The lowest BCUT2D eigenvalue weighted by Crippen LogP contribution is -2.32. The van der Waals surface area contributed by atoms with Gasteiger partial charge < -0.3 is 4.90 Å². The Morgan fingerprint density at radius 1 is 1.27 bits per heavy atom. The van der Waals surface area contributed by atoms with Gasteiger partial charge in [-0.1, -0.05) is 0 Å². The number of carbonyl (C=O) groups is 1. The second kappa shape index (κ2) is 9.09. The van der Waals surface area contributed by atoms with Gasteiger partial charge in [0.25, 0.3) is 0 Å². The Balaban J connectivity index is 1.52. The molecule has 3 rings (SSSR count). The van der Waals surface area contributed by atoms with E-state index in [1.54, 1.807) is 41.8 Å². The van der Waals surface area contributed by atoms with Gasteiger partial charge in [-0.25, -0.2) is 9.97 Å². The zero-order valence-corrected chi connectivity index (χ0v) is 16.6. The number of amides is 1. The predicted molar refractivity (Wildman–Crippen MR) is 108 cm³/mol. The number of thiophene rings is 1. The van der Waals surface area contributed by atoms with Gasteiger partial charge in [-0.05, 0) is 44.0 Å². The molecule has 0 spiro atoms. The van der Waals surface area contributed by atoms with E-state index in [0.29, 0.717) is 6.42 Å². The molecule has 0 aliphatic rings. The van der Waals surface area contributed by atoms with E-state index in [9.17, 15) is 4.79 Å². The van der Waals surface area contributed by atoms with Crippen LogP contribution in [-0.4, -0.2) is 44.6 Å². The summed E-state index contributed by atoms with van der Waals surface area (Å²) >= 11 is 3.31. The number of aryl methyl sites for hydroxylation is 1. The summed E-state index contributed by atoms with van der Waals surface area (Å²) in [6.07, 6.45) is 6.56. The highest BCUT2D eigenvalue weighted by molar-refractivity contribution is 7.99. The highest BCUT2D eigenvalue weighted by atomic mass is 32.2. The van der Waals surface area contributed by atoms with E-state index >= 15 is 0 Å². The number of aromatic nitrogens is 3. The number of rotatable bonds is 8. The molecule has 0 saturated carbocycles. The number of nitrogens with zero attached hydrogens (tertiary/aromatic N) is 4. The highest BCUT2D eigenvalue weighted by Gasteiger charge is 2.13. The molecule has 7 heteroatoms. The van der Waals surface area contributed by atoms with E-state index in [0.717, 1.165) is 40.5 Å². The molecule has 0 saturated heterocycles. The lowest BCUT2D eigenvalue weighted by atomic mass is 10.2. The summed E-state index contributed by atoms with van der Waals surface area (Å²) in [5.74, 6) is 0.923. The number of pyridine rings is 1.